The average molecular weight is 473 g/mol. The smallest absolute Gasteiger partial charge is 0.304 e. The summed E-state index contributed by atoms with van der Waals surface area (Å²) in [5.74, 6) is 1.30. The zero-order valence-electron chi connectivity index (χ0n) is 19.6. The molecule has 33 heavy (non-hydrogen) atoms. The summed E-state index contributed by atoms with van der Waals surface area (Å²) in [6.07, 6.45) is 5.40. The maximum absolute atomic E-state index is 12.8. The molecule has 1 aromatic heterocycles. The SMILES string of the molecule is Cc1ccc(NC(=O)C[C@H](CC(=O)O)c2noc([C@H]3C[C@@H](CC(C)C)C3)c2C2CC2)c(Cl)c1. The molecular formula is C26H33ClN2O4. The molecule has 2 aromatic rings. The summed E-state index contributed by atoms with van der Waals surface area (Å²) in [6, 6.07) is 5.42. The van der Waals surface area contributed by atoms with E-state index >= 15 is 0 Å². The van der Waals surface area contributed by atoms with Gasteiger partial charge in [0.15, 0.2) is 0 Å². The summed E-state index contributed by atoms with van der Waals surface area (Å²) in [5.41, 5.74) is 3.26. The molecule has 2 aliphatic carbocycles. The molecule has 7 heteroatoms. The first-order chi connectivity index (χ1) is 15.7. The number of nitrogens with zero attached hydrogens (tertiary/aromatic N) is 1. The molecule has 6 nitrogen and oxygen atoms in total. The van der Waals surface area contributed by atoms with Gasteiger partial charge in [-0.2, -0.15) is 0 Å². The molecule has 0 aliphatic heterocycles. The first-order valence-electron chi connectivity index (χ1n) is 12.0. The van der Waals surface area contributed by atoms with Gasteiger partial charge < -0.3 is 14.9 Å². The van der Waals surface area contributed by atoms with Crippen molar-refractivity contribution in [3.05, 3.63) is 45.8 Å². The molecule has 0 spiro atoms. The molecule has 2 N–H and O–H groups in total. The minimum absolute atomic E-state index is 0.0167. The zero-order chi connectivity index (χ0) is 23.7. The Balaban J connectivity index is 1.52. The van der Waals surface area contributed by atoms with Crippen molar-refractivity contribution in [3.8, 4) is 0 Å². The maximum atomic E-state index is 12.8. The fourth-order valence-corrected chi connectivity index (χ4v) is 5.41. The van der Waals surface area contributed by atoms with Crippen LogP contribution in [0.15, 0.2) is 22.7 Å². The number of hydrogen-bond donors (Lipinski definition) is 2. The lowest BCUT2D eigenvalue weighted by Gasteiger charge is -2.35. The maximum Gasteiger partial charge on any atom is 0.304 e. The molecule has 0 bridgehead atoms. The molecule has 1 aromatic carbocycles. The monoisotopic (exact) mass is 472 g/mol. The van der Waals surface area contributed by atoms with Gasteiger partial charge in [-0.15, -0.1) is 0 Å². The van der Waals surface area contributed by atoms with E-state index in [4.69, 9.17) is 16.1 Å². The van der Waals surface area contributed by atoms with E-state index in [-0.39, 0.29) is 18.7 Å². The van der Waals surface area contributed by atoms with Crippen LogP contribution >= 0.6 is 11.6 Å². The topological polar surface area (TPSA) is 92.4 Å². The number of halogens is 1. The number of benzene rings is 1. The number of rotatable bonds is 10. The van der Waals surface area contributed by atoms with Crippen LogP contribution in [0.5, 0.6) is 0 Å². The number of aliphatic carboxylic acids is 1. The van der Waals surface area contributed by atoms with Crippen LogP contribution in [0.3, 0.4) is 0 Å². The Hall–Kier alpha value is -2.34. The molecule has 0 radical (unpaired) electrons. The third-order valence-electron chi connectivity index (χ3n) is 6.82. The standard InChI is InChI=1S/C26H33ClN2O4/c1-14(2)8-16-10-19(11-16)26-24(17-5-6-17)25(29-33-26)18(13-23(31)32)12-22(30)28-21-7-4-15(3)9-20(21)27/h4,7,9,14,16-19H,5-6,8,10-13H2,1-3H3,(H,28,30)(H,31,32)/t16-,18-,19+/m1/s1. The number of carbonyl (C=O) groups is 2. The van der Waals surface area contributed by atoms with Crippen molar-refractivity contribution in [2.24, 2.45) is 11.8 Å². The molecule has 2 fully saturated rings. The molecule has 0 unspecified atom stereocenters. The largest absolute Gasteiger partial charge is 0.481 e. The van der Waals surface area contributed by atoms with E-state index in [2.05, 4.69) is 24.3 Å². The van der Waals surface area contributed by atoms with Gasteiger partial charge in [0, 0.05) is 23.8 Å². The van der Waals surface area contributed by atoms with Crippen molar-refractivity contribution in [1.29, 1.82) is 0 Å². The average Bonchev–Trinajstić information content (AvgIpc) is 3.44. The van der Waals surface area contributed by atoms with Crippen molar-refractivity contribution in [2.75, 3.05) is 5.32 Å². The van der Waals surface area contributed by atoms with E-state index in [0.717, 1.165) is 48.5 Å². The Labute approximate surface area is 200 Å². The lowest BCUT2D eigenvalue weighted by atomic mass is 9.69. The molecule has 1 atom stereocenters. The van der Waals surface area contributed by atoms with E-state index < -0.39 is 11.9 Å². The Morgan fingerprint density at radius 3 is 2.55 bits per heavy atom. The van der Waals surface area contributed by atoms with Gasteiger partial charge in [-0.25, -0.2) is 0 Å². The normalized spacial score (nSPS) is 21.0. The van der Waals surface area contributed by atoms with E-state index in [9.17, 15) is 14.7 Å². The summed E-state index contributed by atoms with van der Waals surface area (Å²) in [4.78, 5) is 24.5. The molecular weight excluding hydrogens is 440 g/mol. The van der Waals surface area contributed by atoms with Crippen LogP contribution in [0, 0.1) is 18.8 Å². The third-order valence-corrected chi connectivity index (χ3v) is 7.13. The van der Waals surface area contributed by atoms with Gasteiger partial charge in [0.25, 0.3) is 0 Å². The Morgan fingerprint density at radius 1 is 1.21 bits per heavy atom. The van der Waals surface area contributed by atoms with Crippen LogP contribution in [0.25, 0.3) is 0 Å². The number of amides is 1. The summed E-state index contributed by atoms with van der Waals surface area (Å²) < 4.78 is 5.85. The van der Waals surface area contributed by atoms with Crippen LogP contribution in [0.1, 0.15) is 99.1 Å². The minimum atomic E-state index is -0.951. The summed E-state index contributed by atoms with van der Waals surface area (Å²) in [5, 5.41) is 17.2. The minimum Gasteiger partial charge on any atom is -0.481 e. The highest BCUT2D eigenvalue weighted by Crippen LogP contribution is 2.52. The summed E-state index contributed by atoms with van der Waals surface area (Å²) >= 11 is 6.25. The van der Waals surface area contributed by atoms with Gasteiger partial charge in [-0.3, -0.25) is 9.59 Å². The lowest BCUT2D eigenvalue weighted by molar-refractivity contribution is -0.137. The number of carboxylic acid groups (broad SMARTS) is 1. The predicted molar refractivity (Wildman–Crippen MR) is 128 cm³/mol. The van der Waals surface area contributed by atoms with Gasteiger partial charge in [-0.05, 0) is 74.5 Å². The number of nitrogens with one attached hydrogen (secondary N) is 1. The number of hydrogen-bond acceptors (Lipinski definition) is 4. The van der Waals surface area contributed by atoms with Gasteiger partial charge >= 0.3 is 5.97 Å². The van der Waals surface area contributed by atoms with E-state index in [0.29, 0.717) is 34.2 Å². The quantitative estimate of drug-likeness (QED) is 0.404. The Kier molecular flexibility index (Phi) is 7.13. The van der Waals surface area contributed by atoms with Crippen LogP contribution in [0.2, 0.25) is 5.02 Å². The fraction of sp³-hybridized carbons (Fsp3) is 0.577. The third kappa shape index (κ3) is 5.78. The molecule has 178 valence electrons. The van der Waals surface area contributed by atoms with Gasteiger partial charge in [0.05, 0.1) is 22.8 Å². The van der Waals surface area contributed by atoms with Crippen LogP contribution in [-0.2, 0) is 9.59 Å². The van der Waals surface area contributed by atoms with E-state index in [1.165, 1.54) is 6.42 Å². The zero-order valence-corrected chi connectivity index (χ0v) is 20.3. The van der Waals surface area contributed by atoms with Crippen molar-refractivity contribution in [2.45, 2.75) is 83.5 Å². The molecule has 1 heterocycles. The fourth-order valence-electron chi connectivity index (χ4n) is 5.13. The number of anilines is 1. The highest BCUT2D eigenvalue weighted by atomic mass is 35.5. The number of aromatic nitrogens is 1. The first-order valence-corrected chi connectivity index (χ1v) is 12.4. The number of carboxylic acids is 1. The highest BCUT2D eigenvalue weighted by molar-refractivity contribution is 6.33. The lowest BCUT2D eigenvalue weighted by Crippen LogP contribution is -2.24. The number of carbonyl (C=O) groups excluding carboxylic acids is 1. The molecule has 1 amide bonds. The second-order valence-electron chi connectivity index (χ2n) is 10.3. The second kappa shape index (κ2) is 9.88. The van der Waals surface area contributed by atoms with Gasteiger partial charge in [-0.1, -0.05) is 36.7 Å². The Bertz CT molecular complexity index is 1020. The van der Waals surface area contributed by atoms with Crippen molar-refractivity contribution >= 4 is 29.2 Å². The van der Waals surface area contributed by atoms with Crippen LogP contribution < -0.4 is 5.32 Å². The van der Waals surface area contributed by atoms with E-state index in [1.807, 2.05) is 13.0 Å². The van der Waals surface area contributed by atoms with E-state index in [1.54, 1.807) is 12.1 Å². The van der Waals surface area contributed by atoms with Crippen LogP contribution in [0.4, 0.5) is 5.69 Å². The van der Waals surface area contributed by atoms with Crippen molar-refractivity contribution < 1.29 is 19.2 Å². The molecule has 4 rings (SSSR count). The van der Waals surface area contributed by atoms with Gasteiger partial charge in [0.1, 0.15) is 5.76 Å². The summed E-state index contributed by atoms with van der Waals surface area (Å²) in [6.45, 7) is 6.43. The van der Waals surface area contributed by atoms with Crippen molar-refractivity contribution in [3.63, 3.8) is 0 Å². The molecule has 0 saturated heterocycles. The van der Waals surface area contributed by atoms with Crippen molar-refractivity contribution in [1.82, 2.24) is 5.16 Å². The predicted octanol–water partition coefficient (Wildman–Crippen LogP) is 6.64. The highest BCUT2D eigenvalue weighted by Gasteiger charge is 2.42. The molecule has 2 aliphatic rings. The molecule has 2 saturated carbocycles. The second-order valence-corrected chi connectivity index (χ2v) is 10.7. The Morgan fingerprint density at radius 2 is 1.94 bits per heavy atom. The first kappa shape index (κ1) is 23.8. The van der Waals surface area contributed by atoms with Crippen LogP contribution in [-0.4, -0.2) is 22.1 Å². The summed E-state index contributed by atoms with van der Waals surface area (Å²) in [7, 11) is 0. The number of aryl methyl sites for hydroxylation is 1. The van der Waals surface area contributed by atoms with Gasteiger partial charge in [0.2, 0.25) is 5.91 Å².